The van der Waals surface area contributed by atoms with Crippen molar-refractivity contribution in [3.63, 3.8) is 0 Å². The lowest BCUT2D eigenvalue weighted by Gasteiger charge is -2.35. The number of hydrogen-bond acceptors (Lipinski definition) is 2. The first-order valence-electron chi connectivity index (χ1n) is 6.54. The van der Waals surface area contributed by atoms with Crippen LogP contribution in [0, 0.1) is 0 Å². The van der Waals surface area contributed by atoms with Gasteiger partial charge in [-0.25, -0.2) is 0 Å². The van der Waals surface area contributed by atoms with Crippen molar-refractivity contribution >= 4 is 0 Å². The van der Waals surface area contributed by atoms with Gasteiger partial charge in [-0.2, -0.15) is 0 Å². The molecule has 0 aromatic rings. The summed E-state index contributed by atoms with van der Waals surface area (Å²) in [5, 5.41) is 0. The predicted molar refractivity (Wildman–Crippen MR) is 76.0 cm³/mol. The van der Waals surface area contributed by atoms with Crippen molar-refractivity contribution in [2.45, 2.75) is 27.2 Å². The Morgan fingerprint density at radius 3 is 2.29 bits per heavy atom. The molecule has 0 aliphatic carbocycles. The van der Waals surface area contributed by atoms with Crippen molar-refractivity contribution in [3.05, 3.63) is 35.6 Å². The molecule has 1 rings (SSSR count). The summed E-state index contributed by atoms with van der Waals surface area (Å²) in [4.78, 5) is 4.76. The number of likely N-dealkylation sites (N-methyl/N-ethyl adjacent to an activating group) is 1. The number of hydrogen-bond donors (Lipinski definition) is 0. The molecule has 1 fully saturated rings. The summed E-state index contributed by atoms with van der Waals surface area (Å²) < 4.78 is 0. The molecule has 1 saturated heterocycles. The Balaban J connectivity index is 2.63. The lowest BCUT2D eigenvalue weighted by Crippen LogP contribution is -2.43. The van der Waals surface area contributed by atoms with Gasteiger partial charge in [-0.3, -0.25) is 0 Å². The Kier molecular flexibility index (Phi) is 5.49. The Morgan fingerprint density at radius 2 is 1.82 bits per heavy atom. The molecule has 1 aliphatic heterocycles. The van der Waals surface area contributed by atoms with Gasteiger partial charge in [-0.15, -0.1) is 0 Å². The first-order valence-corrected chi connectivity index (χ1v) is 6.54. The molecule has 0 N–H and O–H groups in total. The fourth-order valence-corrected chi connectivity index (χ4v) is 2.08. The summed E-state index contributed by atoms with van der Waals surface area (Å²) in [6.07, 6.45) is 5.53. The SMILES string of the molecule is C=C(/C(C)=C\C(=C/C)CC)N1CCN(C)CC1. The van der Waals surface area contributed by atoms with Crippen LogP contribution in [0.2, 0.25) is 0 Å². The molecule has 0 bridgehead atoms. The number of piperazine rings is 1. The summed E-state index contributed by atoms with van der Waals surface area (Å²) in [6.45, 7) is 15.2. The molecular weight excluding hydrogens is 208 g/mol. The molecule has 0 atom stereocenters. The summed E-state index contributed by atoms with van der Waals surface area (Å²) in [5.74, 6) is 0. The van der Waals surface area contributed by atoms with Crippen molar-refractivity contribution in [2.75, 3.05) is 33.2 Å². The smallest absolute Gasteiger partial charge is 0.0323 e. The zero-order valence-corrected chi connectivity index (χ0v) is 11.8. The topological polar surface area (TPSA) is 6.48 Å². The number of nitrogens with zero attached hydrogens (tertiary/aromatic N) is 2. The molecule has 0 aromatic carbocycles. The maximum atomic E-state index is 4.24. The third-order valence-corrected chi connectivity index (χ3v) is 3.52. The largest absolute Gasteiger partial charge is 0.369 e. The minimum absolute atomic E-state index is 1.09. The van der Waals surface area contributed by atoms with Gasteiger partial charge in [0.25, 0.3) is 0 Å². The van der Waals surface area contributed by atoms with E-state index in [-0.39, 0.29) is 0 Å². The van der Waals surface area contributed by atoms with Crippen LogP contribution in [0.1, 0.15) is 27.2 Å². The molecule has 0 spiro atoms. The van der Waals surface area contributed by atoms with Crippen molar-refractivity contribution in [1.29, 1.82) is 0 Å². The summed E-state index contributed by atoms with van der Waals surface area (Å²) >= 11 is 0. The van der Waals surface area contributed by atoms with Crippen LogP contribution in [-0.4, -0.2) is 43.0 Å². The van der Waals surface area contributed by atoms with Gasteiger partial charge in [0, 0.05) is 31.9 Å². The van der Waals surface area contributed by atoms with Crippen molar-refractivity contribution in [2.24, 2.45) is 0 Å². The summed E-state index contributed by atoms with van der Waals surface area (Å²) in [5.41, 5.74) is 3.87. The Morgan fingerprint density at radius 1 is 1.24 bits per heavy atom. The van der Waals surface area contributed by atoms with Gasteiger partial charge in [0.15, 0.2) is 0 Å². The Bertz CT molecular complexity index is 318. The molecule has 17 heavy (non-hydrogen) atoms. The molecule has 0 unspecified atom stereocenters. The van der Waals surface area contributed by atoms with Crippen molar-refractivity contribution in [3.8, 4) is 0 Å². The standard InChI is InChI=1S/C15H26N2/c1-6-15(7-2)12-13(3)14(4)17-10-8-16(5)9-11-17/h6,12H,4,7-11H2,1-3,5H3/b13-12-,15-6-. The third-order valence-electron chi connectivity index (χ3n) is 3.52. The molecule has 0 aromatic heterocycles. The molecule has 0 radical (unpaired) electrons. The van der Waals surface area contributed by atoms with Gasteiger partial charge in [0.2, 0.25) is 0 Å². The van der Waals surface area contributed by atoms with E-state index < -0.39 is 0 Å². The predicted octanol–water partition coefficient (Wildman–Crippen LogP) is 3.05. The van der Waals surface area contributed by atoms with Gasteiger partial charge in [0.1, 0.15) is 0 Å². The van der Waals surface area contributed by atoms with Gasteiger partial charge in [-0.05, 0) is 32.9 Å². The van der Waals surface area contributed by atoms with Crippen LogP contribution in [0.25, 0.3) is 0 Å². The second-order valence-corrected chi connectivity index (χ2v) is 4.78. The minimum Gasteiger partial charge on any atom is -0.369 e. The third kappa shape index (κ3) is 4.04. The average molecular weight is 234 g/mol. The summed E-state index contributed by atoms with van der Waals surface area (Å²) in [7, 11) is 2.18. The molecule has 1 heterocycles. The van der Waals surface area contributed by atoms with E-state index in [0.717, 1.165) is 32.6 Å². The monoisotopic (exact) mass is 234 g/mol. The fourth-order valence-electron chi connectivity index (χ4n) is 2.08. The minimum atomic E-state index is 1.09. The zero-order chi connectivity index (χ0) is 12.8. The zero-order valence-electron chi connectivity index (χ0n) is 11.8. The molecule has 1 aliphatic rings. The van der Waals surface area contributed by atoms with Crippen LogP contribution in [0.15, 0.2) is 35.6 Å². The van der Waals surface area contributed by atoms with Crippen LogP contribution in [0.3, 0.4) is 0 Å². The maximum Gasteiger partial charge on any atom is 0.0323 e. The van der Waals surface area contributed by atoms with Gasteiger partial charge in [-0.1, -0.05) is 31.2 Å². The highest BCUT2D eigenvalue weighted by molar-refractivity contribution is 5.33. The Labute approximate surface area is 106 Å². The first kappa shape index (κ1) is 14.0. The Hall–Kier alpha value is -1.02. The highest BCUT2D eigenvalue weighted by atomic mass is 15.2. The van der Waals surface area contributed by atoms with E-state index in [1.54, 1.807) is 0 Å². The van der Waals surface area contributed by atoms with Crippen LogP contribution >= 0.6 is 0 Å². The highest BCUT2D eigenvalue weighted by Crippen LogP contribution is 2.17. The molecule has 96 valence electrons. The van der Waals surface area contributed by atoms with Crippen LogP contribution in [0.4, 0.5) is 0 Å². The van der Waals surface area contributed by atoms with E-state index in [9.17, 15) is 0 Å². The van der Waals surface area contributed by atoms with E-state index in [1.807, 2.05) is 0 Å². The van der Waals surface area contributed by atoms with E-state index in [1.165, 1.54) is 16.8 Å². The lowest BCUT2D eigenvalue weighted by atomic mass is 10.1. The second kappa shape index (κ2) is 6.65. The normalized spacial score (nSPS) is 19.6. The molecule has 0 amide bonds. The molecule has 2 heteroatoms. The first-order chi connectivity index (χ1) is 8.08. The average Bonchev–Trinajstić information content (AvgIpc) is 2.35. The van der Waals surface area contributed by atoms with Crippen LogP contribution < -0.4 is 0 Å². The molecule has 0 saturated carbocycles. The molecular formula is C15H26N2. The van der Waals surface area contributed by atoms with Gasteiger partial charge >= 0.3 is 0 Å². The number of allylic oxidation sites excluding steroid dienone is 4. The highest BCUT2D eigenvalue weighted by Gasteiger charge is 2.15. The van der Waals surface area contributed by atoms with Crippen molar-refractivity contribution in [1.82, 2.24) is 9.80 Å². The van der Waals surface area contributed by atoms with Crippen molar-refractivity contribution < 1.29 is 0 Å². The second-order valence-electron chi connectivity index (χ2n) is 4.78. The van der Waals surface area contributed by atoms with E-state index in [2.05, 4.69) is 56.3 Å². The van der Waals surface area contributed by atoms with Crippen LogP contribution in [0.5, 0.6) is 0 Å². The van der Waals surface area contributed by atoms with E-state index >= 15 is 0 Å². The van der Waals surface area contributed by atoms with Gasteiger partial charge < -0.3 is 9.80 Å². The van der Waals surface area contributed by atoms with E-state index in [0.29, 0.717) is 0 Å². The van der Waals surface area contributed by atoms with Crippen LogP contribution in [-0.2, 0) is 0 Å². The lowest BCUT2D eigenvalue weighted by molar-refractivity contribution is 0.189. The molecule has 2 nitrogen and oxygen atoms in total. The maximum absolute atomic E-state index is 4.24. The van der Waals surface area contributed by atoms with E-state index in [4.69, 9.17) is 0 Å². The van der Waals surface area contributed by atoms with Gasteiger partial charge in [0.05, 0.1) is 0 Å². The number of rotatable bonds is 4. The quantitative estimate of drug-likeness (QED) is 0.690. The fraction of sp³-hybridized carbons (Fsp3) is 0.600. The summed E-state index contributed by atoms with van der Waals surface area (Å²) in [6, 6.07) is 0.